The number of carbonyl (C=O) groups excluding carboxylic acids is 5. The molecule has 2 heterocycles. The number of rotatable bonds is 8. The van der Waals surface area contributed by atoms with E-state index < -0.39 is 47.8 Å². The summed E-state index contributed by atoms with van der Waals surface area (Å²) in [5.41, 5.74) is 0.860. The second kappa shape index (κ2) is 9.58. The van der Waals surface area contributed by atoms with E-state index in [1.165, 1.54) is 6.92 Å². The van der Waals surface area contributed by atoms with E-state index in [9.17, 15) is 24.0 Å². The zero-order chi connectivity index (χ0) is 22.7. The SMILES string of the molecule is CCCCC1CC2=C(C(=O)OC2=O)C(C(CCCC)OC(C)=O)CC2=C1C(=O)OC2=O. The molecule has 3 aliphatic rings. The maximum Gasteiger partial charge on any atom is 0.342 e. The molecular weight excluding hydrogens is 404 g/mol. The number of esters is 5. The van der Waals surface area contributed by atoms with Gasteiger partial charge >= 0.3 is 29.8 Å². The van der Waals surface area contributed by atoms with E-state index in [1.807, 2.05) is 13.8 Å². The fourth-order valence-corrected chi connectivity index (χ4v) is 4.69. The van der Waals surface area contributed by atoms with Crippen molar-refractivity contribution in [2.45, 2.75) is 78.2 Å². The summed E-state index contributed by atoms with van der Waals surface area (Å²) in [5, 5.41) is 0. The van der Waals surface area contributed by atoms with Gasteiger partial charge in [0.2, 0.25) is 0 Å². The van der Waals surface area contributed by atoms with Crippen molar-refractivity contribution < 1.29 is 38.2 Å². The van der Waals surface area contributed by atoms with Crippen molar-refractivity contribution in [3.8, 4) is 0 Å². The van der Waals surface area contributed by atoms with Crippen molar-refractivity contribution in [2.75, 3.05) is 0 Å². The van der Waals surface area contributed by atoms with Crippen LogP contribution in [0.15, 0.2) is 22.3 Å². The summed E-state index contributed by atoms with van der Waals surface area (Å²) in [6.07, 6.45) is 3.57. The van der Waals surface area contributed by atoms with Crippen LogP contribution in [0.4, 0.5) is 0 Å². The molecule has 0 bridgehead atoms. The first-order valence-electron chi connectivity index (χ1n) is 10.9. The summed E-state index contributed by atoms with van der Waals surface area (Å²) in [5.74, 6) is -4.63. The summed E-state index contributed by atoms with van der Waals surface area (Å²) in [4.78, 5) is 62.1. The van der Waals surface area contributed by atoms with Crippen LogP contribution in [0.2, 0.25) is 0 Å². The van der Waals surface area contributed by atoms with Gasteiger partial charge < -0.3 is 14.2 Å². The van der Waals surface area contributed by atoms with Crippen molar-refractivity contribution in [3.05, 3.63) is 22.3 Å². The van der Waals surface area contributed by atoms with Crippen LogP contribution in [0.1, 0.15) is 72.1 Å². The van der Waals surface area contributed by atoms with Crippen LogP contribution in [0, 0.1) is 11.8 Å². The first-order chi connectivity index (χ1) is 14.8. The van der Waals surface area contributed by atoms with Gasteiger partial charge in [0.05, 0.1) is 11.1 Å². The van der Waals surface area contributed by atoms with E-state index in [0.717, 1.165) is 19.3 Å². The smallest absolute Gasteiger partial charge is 0.342 e. The highest BCUT2D eigenvalue weighted by molar-refractivity contribution is 6.15. The van der Waals surface area contributed by atoms with Crippen LogP contribution >= 0.6 is 0 Å². The second-order valence-corrected chi connectivity index (χ2v) is 8.28. The standard InChI is InChI=1S/C23H28O8/c1-4-6-8-13-10-15-19(23(28)31-20(15)25)14(17(9-7-5-2)29-12(3)24)11-16-18(13)22(27)30-21(16)26/h13-14,17H,4-11H2,1-3H3. The molecule has 0 N–H and O–H groups in total. The van der Waals surface area contributed by atoms with Crippen LogP contribution in [0.5, 0.6) is 0 Å². The van der Waals surface area contributed by atoms with Crippen molar-refractivity contribution in [3.63, 3.8) is 0 Å². The van der Waals surface area contributed by atoms with E-state index >= 15 is 0 Å². The summed E-state index contributed by atoms with van der Waals surface area (Å²) < 4.78 is 15.4. The zero-order valence-electron chi connectivity index (χ0n) is 18.2. The minimum atomic E-state index is -0.769. The molecule has 0 aromatic rings. The van der Waals surface area contributed by atoms with Crippen LogP contribution in [0.3, 0.4) is 0 Å². The molecule has 0 saturated heterocycles. The molecule has 168 valence electrons. The molecule has 0 saturated carbocycles. The molecule has 31 heavy (non-hydrogen) atoms. The predicted octanol–water partition coefficient (Wildman–Crippen LogP) is 3.08. The molecule has 0 spiro atoms. The van der Waals surface area contributed by atoms with E-state index in [2.05, 4.69) is 0 Å². The highest BCUT2D eigenvalue weighted by atomic mass is 16.6. The molecule has 8 nitrogen and oxygen atoms in total. The largest absolute Gasteiger partial charge is 0.462 e. The summed E-state index contributed by atoms with van der Waals surface area (Å²) in [6, 6.07) is 0. The molecule has 1 aliphatic carbocycles. The number of cyclic esters (lactones) is 4. The van der Waals surface area contributed by atoms with Crippen molar-refractivity contribution in [2.24, 2.45) is 11.8 Å². The lowest BCUT2D eigenvalue weighted by Crippen LogP contribution is -2.32. The van der Waals surface area contributed by atoms with Crippen LogP contribution in [-0.2, 0) is 38.2 Å². The molecular formula is C23H28O8. The van der Waals surface area contributed by atoms with Gasteiger partial charge in [-0.2, -0.15) is 0 Å². The lowest BCUT2D eigenvalue weighted by Gasteiger charge is -2.29. The Morgan fingerprint density at radius 3 is 2.06 bits per heavy atom. The van der Waals surface area contributed by atoms with Gasteiger partial charge in [0.15, 0.2) is 0 Å². The fraction of sp³-hybridized carbons (Fsp3) is 0.609. The van der Waals surface area contributed by atoms with Crippen LogP contribution in [-0.4, -0.2) is 36.0 Å². The van der Waals surface area contributed by atoms with Gasteiger partial charge in [0.1, 0.15) is 6.10 Å². The Hall–Kier alpha value is -2.77. The van der Waals surface area contributed by atoms with E-state index in [4.69, 9.17) is 14.2 Å². The topological polar surface area (TPSA) is 113 Å². The molecule has 2 aliphatic heterocycles. The predicted molar refractivity (Wildman–Crippen MR) is 107 cm³/mol. The Bertz CT molecular complexity index is 878. The molecule has 0 aromatic heterocycles. The van der Waals surface area contributed by atoms with Crippen molar-refractivity contribution in [1.29, 1.82) is 0 Å². The Kier molecular flexibility index (Phi) is 7.08. The Morgan fingerprint density at radius 1 is 0.903 bits per heavy atom. The molecule has 0 fully saturated rings. The fourth-order valence-electron chi connectivity index (χ4n) is 4.69. The first-order valence-corrected chi connectivity index (χ1v) is 10.9. The third-order valence-corrected chi connectivity index (χ3v) is 6.12. The van der Waals surface area contributed by atoms with Crippen molar-refractivity contribution in [1.82, 2.24) is 0 Å². The van der Waals surface area contributed by atoms with Crippen LogP contribution < -0.4 is 0 Å². The lowest BCUT2D eigenvalue weighted by molar-refractivity contribution is -0.155. The van der Waals surface area contributed by atoms with E-state index in [1.54, 1.807) is 0 Å². The minimum Gasteiger partial charge on any atom is -0.462 e. The van der Waals surface area contributed by atoms with Crippen molar-refractivity contribution >= 4 is 29.8 Å². The van der Waals surface area contributed by atoms with Crippen LogP contribution in [0.25, 0.3) is 0 Å². The number of hydrogen-bond donors (Lipinski definition) is 0. The molecule has 0 amide bonds. The quantitative estimate of drug-likeness (QED) is 0.327. The third-order valence-electron chi connectivity index (χ3n) is 6.12. The first kappa shape index (κ1) is 22.9. The average Bonchev–Trinajstić information content (AvgIpc) is 3.11. The normalized spacial score (nSPS) is 24.4. The average molecular weight is 432 g/mol. The Labute approximate surface area is 181 Å². The third kappa shape index (κ3) is 4.62. The Morgan fingerprint density at radius 2 is 1.48 bits per heavy atom. The molecule has 0 radical (unpaired) electrons. The second-order valence-electron chi connectivity index (χ2n) is 8.28. The maximum absolute atomic E-state index is 12.7. The van der Waals surface area contributed by atoms with E-state index in [0.29, 0.717) is 19.3 Å². The zero-order valence-corrected chi connectivity index (χ0v) is 18.2. The highest BCUT2D eigenvalue weighted by Crippen LogP contribution is 2.44. The molecule has 0 aromatic carbocycles. The minimum absolute atomic E-state index is 0.0224. The Balaban J connectivity index is 2.12. The van der Waals surface area contributed by atoms with Gasteiger partial charge in [-0.3, -0.25) is 4.79 Å². The highest BCUT2D eigenvalue weighted by Gasteiger charge is 2.48. The molecule has 3 atom stereocenters. The number of carbonyl (C=O) groups is 5. The maximum atomic E-state index is 12.7. The number of ether oxygens (including phenoxy) is 3. The van der Waals surface area contributed by atoms with Gasteiger partial charge in [-0.05, 0) is 31.6 Å². The summed E-state index contributed by atoms with van der Waals surface area (Å²) >= 11 is 0. The molecule has 3 unspecified atom stereocenters. The molecule has 8 heteroatoms. The lowest BCUT2D eigenvalue weighted by atomic mass is 9.75. The van der Waals surface area contributed by atoms with Gasteiger partial charge in [0.25, 0.3) is 0 Å². The number of unbranched alkanes of at least 4 members (excludes halogenated alkanes) is 2. The van der Waals surface area contributed by atoms with Gasteiger partial charge in [-0.15, -0.1) is 0 Å². The monoisotopic (exact) mass is 432 g/mol. The van der Waals surface area contributed by atoms with E-state index in [-0.39, 0.29) is 35.1 Å². The number of hydrogen-bond acceptors (Lipinski definition) is 8. The summed E-state index contributed by atoms with van der Waals surface area (Å²) in [6.45, 7) is 5.25. The van der Waals surface area contributed by atoms with Gasteiger partial charge in [-0.25, -0.2) is 19.2 Å². The van der Waals surface area contributed by atoms with Gasteiger partial charge in [0, 0.05) is 24.0 Å². The molecule has 3 rings (SSSR count). The van der Waals surface area contributed by atoms with Gasteiger partial charge in [-0.1, -0.05) is 39.5 Å². The summed E-state index contributed by atoms with van der Waals surface area (Å²) in [7, 11) is 0.